The van der Waals surface area contributed by atoms with Crippen molar-refractivity contribution in [1.29, 1.82) is 0 Å². The van der Waals surface area contributed by atoms with Crippen molar-refractivity contribution in [2.45, 2.75) is 51.6 Å². The number of hydrogen-bond acceptors (Lipinski definition) is 6. The van der Waals surface area contributed by atoms with Gasteiger partial charge in [0.1, 0.15) is 11.7 Å². The smallest absolute Gasteiger partial charge is 0.407 e. The molecule has 4 N–H and O–H groups in total. The minimum Gasteiger partial charge on any atom is -0.444 e. The van der Waals surface area contributed by atoms with E-state index >= 15 is 0 Å². The average Bonchev–Trinajstić information content (AvgIpc) is 2.44. The largest absolute Gasteiger partial charge is 0.444 e. The fourth-order valence-electron chi connectivity index (χ4n) is 1.72. The zero-order chi connectivity index (χ0) is 16.8. The van der Waals surface area contributed by atoms with Gasteiger partial charge >= 0.3 is 6.09 Å². The summed E-state index contributed by atoms with van der Waals surface area (Å²) in [5.74, 6) is 0. The van der Waals surface area contributed by atoms with Crippen LogP contribution in [0.5, 0.6) is 0 Å². The van der Waals surface area contributed by atoms with Crippen LogP contribution >= 0.6 is 0 Å². The van der Waals surface area contributed by atoms with E-state index in [1.54, 1.807) is 32.9 Å². The van der Waals surface area contributed by atoms with Crippen molar-refractivity contribution in [1.82, 2.24) is 10.3 Å². The van der Waals surface area contributed by atoms with Gasteiger partial charge in [0.2, 0.25) is 0 Å². The summed E-state index contributed by atoms with van der Waals surface area (Å²) >= 11 is 0. The van der Waals surface area contributed by atoms with Crippen LogP contribution in [0, 0.1) is 0 Å². The Bertz CT molecular complexity index is 470. The second kappa shape index (κ2) is 8.07. The van der Waals surface area contributed by atoms with E-state index in [2.05, 4.69) is 10.3 Å². The van der Waals surface area contributed by atoms with E-state index in [0.717, 1.165) is 0 Å². The molecule has 1 aromatic heterocycles. The van der Waals surface area contributed by atoms with Gasteiger partial charge in [-0.1, -0.05) is 6.07 Å². The molecule has 1 aromatic rings. The molecular weight excluding hydrogens is 288 g/mol. The van der Waals surface area contributed by atoms with Crippen LogP contribution in [0.3, 0.4) is 0 Å². The van der Waals surface area contributed by atoms with E-state index in [4.69, 9.17) is 9.84 Å². The summed E-state index contributed by atoms with van der Waals surface area (Å²) in [6.45, 7) is 5.27. The third-order valence-electron chi connectivity index (χ3n) is 2.82. The molecule has 0 aliphatic rings. The van der Waals surface area contributed by atoms with E-state index in [1.165, 1.54) is 6.20 Å². The Kier molecular flexibility index (Phi) is 6.73. The molecule has 1 heterocycles. The van der Waals surface area contributed by atoms with Crippen molar-refractivity contribution in [3.05, 3.63) is 29.6 Å². The van der Waals surface area contributed by atoms with Crippen molar-refractivity contribution in [2.75, 3.05) is 6.54 Å². The van der Waals surface area contributed by atoms with E-state index in [0.29, 0.717) is 11.3 Å². The Morgan fingerprint density at radius 1 is 1.36 bits per heavy atom. The predicted octanol–water partition coefficient (Wildman–Crippen LogP) is 0.883. The predicted molar refractivity (Wildman–Crippen MR) is 80.0 cm³/mol. The Morgan fingerprint density at radius 2 is 2.05 bits per heavy atom. The first-order valence-electron chi connectivity index (χ1n) is 7.11. The van der Waals surface area contributed by atoms with Crippen molar-refractivity contribution in [3.63, 3.8) is 0 Å². The molecule has 0 radical (unpaired) electrons. The number of pyridine rings is 1. The molecule has 0 aliphatic heterocycles. The third-order valence-corrected chi connectivity index (χ3v) is 2.82. The van der Waals surface area contributed by atoms with Crippen molar-refractivity contribution >= 4 is 6.09 Å². The molecule has 7 heteroatoms. The maximum atomic E-state index is 11.4. The average molecular weight is 312 g/mol. The molecule has 0 saturated carbocycles. The molecule has 0 fully saturated rings. The van der Waals surface area contributed by atoms with Crippen molar-refractivity contribution < 1.29 is 24.9 Å². The molecule has 0 saturated heterocycles. The second-order valence-corrected chi connectivity index (χ2v) is 5.97. The summed E-state index contributed by atoms with van der Waals surface area (Å²) < 4.78 is 5.06. The number of aliphatic hydroxyl groups excluding tert-OH is 3. The minimum atomic E-state index is -1.11. The van der Waals surface area contributed by atoms with Crippen LogP contribution in [0.15, 0.2) is 18.3 Å². The highest BCUT2D eigenvalue weighted by atomic mass is 16.6. The molecule has 0 spiro atoms. The molecule has 0 aliphatic carbocycles. The topological polar surface area (TPSA) is 112 Å². The number of carbonyl (C=O) groups excluding carboxylic acids is 1. The van der Waals surface area contributed by atoms with E-state index in [9.17, 15) is 15.0 Å². The number of hydrogen-bond donors (Lipinski definition) is 4. The number of nitrogens with zero attached hydrogens (tertiary/aromatic N) is 1. The van der Waals surface area contributed by atoms with E-state index in [-0.39, 0.29) is 19.6 Å². The Labute approximate surface area is 130 Å². The summed E-state index contributed by atoms with van der Waals surface area (Å²) in [4.78, 5) is 15.4. The first-order chi connectivity index (χ1) is 10.2. The lowest BCUT2D eigenvalue weighted by Gasteiger charge is -2.21. The van der Waals surface area contributed by atoms with Gasteiger partial charge in [0.15, 0.2) is 0 Å². The van der Waals surface area contributed by atoms with Gasteiger partial charge in [-0.15, -0.1) is 0 Å². The number of aromatic nitrogens is 1. The quantitative estimate of drug-likeness (QED) is 0.620. The van der Waals surface area contributed by atoms with Gasteiger partial charge in [-0.2, -0.15) is 0 Å². The van der Waals surface area contributed by atoms with Crippen LogP contribution in [-0.4, -0.2) is 44.6 Å². The highest BCUT2D eigenvalue weighted by Crippen LogP contribution is 2.18. The molecular formula is C15H24N2O5. The van der Waals surface area contributed by atoms with Gasteiger partial charge in [-0.3, -0.25) is 4.98 Å². The molecule has 7 nitrogen and oxygen atoms in total. The Balaban J connectivity index is 2.40. The van der Waals surface area contributed by atoms with Crippen LogP contribution < -0.4 is 5.32 Å². The lowest BCUT2D eigenvalue weighted by Crippen LogP contribution is -2.34. The molecule has 22 heavy (non-hydrogen) atoms. The first-order valence-corrected chi connectivity index (χ1v) is 7.11. The van der Waals surface area contributed by atoms with Gasteiger partial charge in [-0.25, -0.2) is 4.79 Å². The Hall–Kier alpha value is -1.70. The van der Waals surface area contributed by atoms with Crippen molar-refractivity contribution in [2.24, 2.45) is 0 Å². The normalized spacial score (nSPS) is 14.3. The minimum absolute atomic E-state index is 0.169. The number of carbonyl (C=O) groups is 1. The number of nitrogens with one attached hydrogen (secondary N) is 1. The SMILES string of the molecule is CC(C)(C)OC(=O)NCCC(O)C(O)c1ccc(CO)nc1. The summed E-state index contributed by atoms with van der Waals surface area (Å²) in [6.07, 6.45) is -1.15. The zero-order valence-corrected chi connectivity index (χ0v) is 13.1. The molecule has 2 unspecified atom stereocenters. The summed E-state index contributed by atoms with van der Waals surface area (Å²) in [5, 5.41) is 31.3. The molecule has 0 bridgehead atoms. The first kappa shape index (κ1) is 18.3. The summed E-state index contributed by atoms with van der Waals surface area (Å²) in [5.41, 5.74) is 0.349. The summed E-state index contributed by atoms with van der Waals surface area (Å²) in [7, 11) is 0. The number of aliphatic hydroxyl groups is 3. The monoisotopic (exact) mass is 312 g/mol. The highest BCUT2D eigenvalue weighted by molar-refractivity contribution is 5.67. The number of rotatable bonds is 6. The number of alkyl carbamates (subject to hydrolysis) is 1. The Morgan fingerprint density at radius 3 is 2.55 bits per heavy atom. The fraction of sp³-hybridized carbons (Fsp3) is 0.600. The van der Waals surface area contributed by atoms with Gasteiger partial charge in [-0.05, 0) is 33.3 Å². The van der Waals surface area contributed by atoms with Crippen LogP contribution in [-0.2, 0) is 11.3 Å². The number of ether oxygens (including phenoxy) is 1. The van der Waals surface area contributed by atoms with E-state index < -0.39 is 23.9 Å². The van der Waals surface area contributed by atoms with Crippen LogP contribution in [0.1, 0.15) is 44.6 Å². The maximum absolute atomic E-state index is 11.4. The van der Waals surface area contributed by atoms with Crippen molar-refractivity contribution in [3.8, 4) is 0 Å². The second-order valence-electron chi connectivity index (χ2n) is 5.97. The lowest BCUT2D eigenvalue weighted by molar-refractivity contribution is 0.0121. The van der Waals surface area contributed by atoms with Crippen LogP contribution in [0.4, 0.5) is 4.79 Å². The molecule has 1 rings (SSSR count). The lowest BCUT2D eigenvalue weighted by atomic mass is 10.0. The molecule has 0 aromatic carbocycles. The molecule has 1 amide bonds. The van der Waals surface area contributed by atoms with Gasteiger partial charge in [0.05, 0.1) is 18.4 Å². The van der Waals surface area contributed by atoms with Gasteiger partial charge < -0.3 is 25.4 Å². The van der Waals surface area contributed by atoms with Crippen LogP contribution in [0.25, 0.3) is 0 Å². The maximum Gasteiger partial charge on any atom is 0.407 e. The highest BCUT2D eigenvalue weighted by Gasteiger charge is 2.20. The summed E-state index contributed by atoms with van der Waals surface area (Å²) in [6, 6.07) is 3.16. The van der Waals surface area contributed by atoms with Gasteiger partial charge in [0.25, 0.3) is 0 Å². The molecule has 2 atom stereocenters. The standard InChI is InChI=1S/C15H24N2O5/c1-15(2,3)22-14(21)16-7-6-12(19)13(20)10-4-5-11(9-18)17-8-10/h4-5,8,12-13,18-20H,6-7,9H2,1-3H3,(H,16,21). The third kappa shape index (κ3) is 6.38. The molecule has 124 valence electrons. The zero-order valence-electron chi connectivity index (χ0n) is 13.1. The fourth-order valence-corrected chi connectivity index (χ4v) is 1.72. The number of amides is 1. The van der Waals surface area contributed by atoms with Gasteiger partial charge in [0, 0.05) is 18.3 Å². The van der Waals surface area contributed by atoms with E-state index in [1.807, 2.05) is 0 Å². The van der Waals surface area contributed by atoms with Crippen LogP contribution in [0.2, 0.25) is 0 Å².